The first kappa shape index (κ1) is 24.7. The monoisotopic (exact) mass is 549 g/mol. The fourth-order valence-corrected chi connectivity index (χ4v) is 5.10. The minimum Gasteiger partial charge on any atom is -0.379 e. The SMILES string of the molecule is O=S(=O)(Oc1ccc(C2=NOC(c3cc(Cl)cc(Cl)c3)(C(F)(F)F)C2)cc1)c1cccc(Cl)c1. The minimum absolute atomic E-state index is 0.00216. The van der Waals surface area contributed by atoms with Crippen molar-refractivity contribution in [1.29, 1.82) is 0 Å². The molecular formula is C22H13Cl3F3NO4S. The predicted octanol–water partition coefficient (Wildman–Crippen LogP) is 7.00. The summed E-state index contributed by atoms with van der Waals surface area (Å²) < 4.78 is 72.3. The molecule has 0 spiro atoms. The van der Waals surface area contributed by atoms with Crippen molar-refractivity contribution in [3.8, 4) is 5.75 Å². The fourth-order valence-electron chi connectivity index (χ4n) is 3.35. The van der Waals surface area contributed by atoms with Crippen LogP contribution in [0.2, 0.25) is 15.1 Å². The number of hydrogen-bond donors (Lipinski definition) is 0. The molecule has 0 aliphatic carbocycles. The molecule has 5 nitrogen and oxygen atoms in total. The van der Waals surface area contributed by atoms with E-state index in [0.29, 0.717) is 0 Å². The maximum atomic E-state index is 14.1. The van der Waals surface area contributed by atoms with Crippen molar-refractivity contribution in [2.75, 3.05) is 0 Å². The normalized spacial score (nSPS) is 18.4. The molecule has 4 rings (SSSR count). The van der Waals surface area contributed by atoms with E-state index in [0.717, 1.165) is 12.1 Å². The molecular weight excluding hydrogens is 538 g/mol. The van der Waals surface area contributed by atoms with Crippen LogP contribution in [0.4, 0.5) is 13.2 Å². The molecule has 0 radical (unpaired) electrons. The van der Waals surface area contributed by atoms with Gasteiger partial charge in [0.05, 0.1) is 5.71 Å². The summed E-state index contributed by atoms with van der Waals surface area (Å²) in [7, 11) is -4.16. The number of oxime groups is 1. The Balaban J connectivity index is 1.58. The molecule has 1 heterocycles. The molecule has 0 N–H and O–H groups in total. The van der Waals surface area contributed by atoms with Gasteiger partial charge in [0, 0.05) is 27.1 Å². The Hall–Kier alpha value is -2.46. The number of nitrogens with zero attached hydrogens (tertiary/aromatic N) is 1. The van der Waals surface area contributed by atoms with Gasteiger partial charge in [0.15, 0.2) is 0 Å². The van der Waals surface area contributed by atoms with Crippen LogP contribution in [0.15, 0.2) is 76.8 Å². The van der Waals surface area contributed by atoms with E-state index in [1.54, 1.807) is 0 Å². The van der Waals surface area contributed by atoms with E-state index in [1.165, 1.54) is 54.6 Å². The van der Waals surface area contributed by atoms with Crippen LogP contribution in [0.1, 0.15) is 17.5 Å². The van der Waals surface area contributed by atoms with Gasteiger partial charge in [0.1, 0.15) is 10.6 Å². The molecule has 1 atom stereocenters. The lowest BCUT2D eigenvalue weighted by atomic mass is 9.86. The zero-order chi connectivity index (χ0) is 24.7. The summed E-state index contributed by atoms with van der Waals surface area (Å²) in [5, 5.41) is 3.91. The number of halogens is 6. The van der Waals surface area contributed by atoms with Gasteiger partial charge >= 0.3 is 16.3 Å². The summed E-state index contributed by atoms with van der Waals surface area (Å²) in [6.07, 6.45) is -5.48. The third-order valence-corrected chi connectivity index (χ3v) is 6.91. The highest BCUT2D eigenvalue weighted by molar-refractivity contribution is 7.87. The zero-order valence-corrected chi connectivity index (χ0v) is 19.9. The lowest BCUT2D eigenvalue weighted by Gasteiger charge is -2.29. The van der Waals surface area contributed by atoms with E-state index in [-0.39, 0.29) is 42.6 Å². The van der Waals surface area contributed by atoms with Crippen molar-refractivity contribution in [2.45, 2.75) is 23.1 Å². The Morgan fingerprint density at radius 3 is 2.15 bits per heavy atom. The number of alkyl halides is 3. The van der Waals surface area contributed by atoms with Crippen molar-refractivity contribution in [3.63, 3.8) is 0 Å². The number of rotatable bonds is 5. The predicted molar refractivity (Wildman–Crippen MR) is 122 cm³/mol. The molecule has 0 amide bonds. The van der Waals surface area contributed by atoms with E-state index >= 15 is 0 Å². The van der Waals surface area contributed by atoms with Gasteiger partial charge in [-0.25, -0.2) is 0 Å². The lowest BCUT2D eigenvalue weighted by molar-refractivity contribution is -0.275. The van der Waals surface area contributed by atoms with Gasteiger partial charge in [-0.05, 0) is 66.2 Å². The summed E-state index contributed by atoms with van der Waals surface area (Å²) in [6.45, 7) is 0. The molecule has 0 saturated carbocycles. The van der Waals surface area contributed by atoms with Gasteiger partial charge in [-0.2, -0.15) is 21.6 Å². The maximum Gasteiger partial charge on any atom is 0.435 e. The second kappa shape index (κ2) is 8.96. The van der Waals surface area contributed by atoms with E-state index in [4.69, 9.17) is 43.8 Å². The lowest BCUT2D eigenvalue weighted by Crippen LogP contribution is -2.42. The zero-order valence-electron chi connectivity index (χ0n) is 16.8. The van der Waals surface area contributed by atoms with Crippen LogP contribution in [0.25, 0.3) is 0 Å². The van der Waals surface area contributed by atoms with Crippen LogP contribution in [-0.4, -0.2) is 20.3 Å². The second-order valence-electron chi connectivity index (χ2n) is 7.31. The van der Waals surface area contributed by atoms with Gasteiger partial charge in [0.25, 0.3) is 5.60 Å². The van der Waals surface area contributed by atoms with E-state index in [2.05, 4.69) is 5.16 Å². The molecule has 0 aromatic heterocycles. The topological polar surface area (TPSA) is 65.0 Å². The van der Waals surface area contributed by atoms with Crippen molar-refractivity contribution >= 4 is 50.6 Å². The molecule has 0 fully saturated rings. The van der Waals surface area contributed by atoms with Crippen LogP contribution in [-0.2, 0) is 20.6 Å². The largest absolute Gasteiger partial charge is 0.435 e. The Morgan fingerprint density at radius 1 is 0.912 bits per heavy atom. The Bertz CT molecular complexity index is 1360. The molecule has 0 saturated heterocycles. The van der Waals surface area contributed by atoms with Crippen molar-refractivity contribution in [3.05, 3.63) is 92.9 Å². The summed E-state index contributed by atoms with van der Waals surface area (Å²) in [6, 6.07) is 14.4. The molecule has 1 unspecified atom stereocenters. The third kappa shape index (κ3) is 4.84. The molecule has 3 aromatic rings. The molecule has 1 aliphatic rings. The number of hydrogen-bond acceptors (Lipinski definition) is 5. The van der Waals surface area contributed by atoms with Crippen molar-refractivity contribution in [2.24, 2.45) is 5.16 Å². The van der Waals surface area contributed by atoms with Crippen LogP contribution >= 0.6 is 34.8 Å². The van der Waals surface area contributed by atoms with Gasteiger partial charge in [0.2, 0.25) is 0 Å². The smallest absolute Gasteiger partial charge is 0.379 e. The maximum absolute atomic E-state index is 14.1. The molecule has 34 heavy (non-hydrogen) atoms. The summed E-state index contributed by atoms with van der Waals surface area (Å²) in [5.74, 6) is -0.0491. The standard InChI is InChI=1S/C22H13Cl3F3NO4S/c23-15-2-1-3-19(11-15)34(30,31)32-18-6-4-13(5-7-18)20-12-21(33-29-20,22(26,27)28)14-8-16(24)10-17(25)9-14/h1-11H,12H2. The quantitative estimate of drug-likeness (QED) is 0.321. The number of benzene rings is 3. The molecule has 3 aromatic carbocycles. The van der Waals surface area contributed by atoms with Gasteiger partial charge < -0.3 is 9.02 Å². The highest BCUT2D eigenvalue weighted by atomic mass is 35.5. The first-order valence-corrected chi connectivity index (χ1v) is 12.0. The first-order valence-electron chi connectivity index (χ1n) is 9.48. The third-order valence-electron chi connectivity index (χ3n) is 4.99. The van der Waals surface area contributed by atoms with E-state index < -0.39 is 28.3 Å². The van der Waals surface area contributed by atoms with Crippen LogP contribution in [0.5, 0.6) is 5.75 Å². The average molecular weight is 551 g/mol. The van der Waals surface area contributed by atoms with E-state index in [9.17, 15) is 21.6 Å². The molecule has 0 bridgehead atoms. The van der Waals surface area contributed by atoms with Crippen molar-refractivity contribution < 1.29 is 30.6 Å². The molecule has 1 aliphatic heterocycles. The van der Waals surface area contributed by atoms with Gasteiger partial charge in [-0.1, -0.05) is 46.0 Å². The molecule has 12 heteroatoms. The fraction of sp³-hybridized carbons (Fsp3) is 0.136. The van der Waals surface area contributed by atoms with Gasteiger partial charge in [-0.15, -0.1) is 0 Å². The van der Waals surface area contributed by atoms with Gasteiger partial charge in [-0.3, -0.25) is 0 Å². The van der Waals surface area contributed by atoms with Crippen LogP contribution < -0.4 is 4.18 Å². The van der Waals surface area contributed by atoms with Crippen molar-refractivity contribution in [1.82, 2.24) is 0 Å². The summed E-state index contributed by atoms with van der Waals surface area (Å²) in [5.41, 5.74) is -2.78. The second-order valence-corrected chi connectivity index (χ2v) is 10.2. The van der Waals surface area contributed by atoms with E-state index in [1.807, 2.05) is 0 Å². The average Bonchev–Trinajstić information content (AvgIpc) is 3.20. The summed E-state index contributed by atoms with van der Waals surface area (Å²) >= 11 is 17.6. The first-order chi connectivity index (χ1) is 15.9. The Kier molecular flexibility index (Phi) is 6.50. The Morgan fingerprint density at radius 2 is 1.56 bits per heavy atom. The summed E-state index contributed by atoms with van der Waals surface area (Å²) in [4.78, 5) is 4.81. The minimum atomic E-state index is -4.83. The van der Waals surface area contributed by atoms with Crippen LogP contribution in [0, 0.1) is 0 Å². The molecule has 178 valence electrons. The highest BCUT2D eigenvalue weighted by Gasteiger charge is 2.62. The van der Waals surface area contributed by atoms with Crippen LogP contribution in [0.3, 0.4) is 0 Å². The highest BCUT2D eigenvalue weighted by Crippen LogP contribution is 2.49. The Labute approximate surface area is 207 Å².